The third-order valence-corrected chi connectivity index (χ3v) is 3.95. The number of carboxylic acid groups (broad SMARTS) is 1. The third-order valence-electron chi connectivity index (χ3n) is 3.95. The number of morpholine rings is 1. The lowest BCUT2D eigenvalue weighted by molar-refractivity contribution is -0.147. The molecule has 0 bridgehead atoms. The van der Waals surface area contributed by atoms with Gasteiger partial charge in [0.1, 0.15) is 0 Å². The van der Waals surface area contributed by atoms with E-state index in [1.807, 2.05) is 30.3 Å². The Morgan fingerprint density at radius 2 is 2.13 bits per heavy atom. The summed E-state index contributed by atoms with van der Waals surface area (Å²) in [7, 11) is 0. The number of para-hydroxylation sites is 1. The Morgan fingerprint density at radius 1 is 1.30 bits per heavy atom. The zero-order valence-electron chi connectivity index (χ0n) is 12.6. The molecule has 0 spiro atoms. The highest BCUT2D eigenvalue weighted by Gasteiger charge is 2.26. The normalized spacial score (nSPS) is 18.1. The van der Waals surface area contributed by atoms with Crippen molar-refractivity contribution in [2.24, 2.45) is 0 Å². The van der Waals surface area contributed by atoms with Gasteiger partial charge >= 0.3 is 5.97 Å². The van der Waals surface area contributed by atoms with Crippen molar-refractivity contribution in [1.82, 2.24) is 9.88 Å². The molecule has 0 saturated carbocycles. The van der Waals surface area contributed by atoms with Gasteiger partial charge in [-0.1, -0.05) is 24.3 Å². The Morgan fingerprint density at radius 3 is 2.96 bits per heavy atom. The van der Waals surface area contributed by atoms with Crippen LogP contribution in [0.4, 0.5) is 0 Å². The van der Waals surface area contributed by atoms with Gasteiger partial charge in [0.25, 0.3) is 0 Å². The number of carbonyl (C=O) groups excluding carboxylic acids is 1. The predicted molar refractivity (Wildman–Crippen MR) is 84.0 cm³/mol. The molecule has 2 heterocycles. The van der Waals surface area contributed by atoms with Gasteiger partial charge in [-0.15, -0.1) is 0 Å². The van der Waals surface area contributed by atoms with Crippen LogP contribution in [-0.2, 0) is 20.7 Å². The van der Waals surface area contributed by atoms with Gasteiger partial charge in [-0.2, -0.15) is 0 Å². The number of rotatable bonds is 4. The van der Waals surface area contributed by atoms with Crippen LogP contribution < -0.4 is 0 Å². The van der Waals surface area contributed by atoms with Crippen molar-refractivity contribution >= 4 is 22.8 Å². The Labute approximate surface area is 133 Å². The van der Waals surface area contributed by atoms with E-state index in [2.05, 4.69) is 4.98 Å². The van der Waals surface area contributed by atoms with Crippen LogP contribution in [0.2, 0.25) is 0 Å². The van der Waals surface area contributed by atoms with Crippen molar-refractivity contribution in [2.75, 3.05) is 19.7 Å². The van der Waals surface area contributed by atoms with E-state index < -0.39 is 12.1 Å². The predicted octanol–water partition coefficient (Wildman–Crippen LogP) is 1.48. The molecule has 1 aromatic carbocycles. The first-order valence-electron chi connectivity index (χ1n) is 7.57. The standard InChI is InChI=1S/C17H18N2O4/c20-15(19-7-8-23-14(11-19)10-16(21)22)9-13-4-1-3-12-5-2-6-18-17(12)13/h1-6,14H,7-11H2,(H,21,22). The molecule has 0 radical (unpaired) electrons. The van der Waals surface area contributed by atoms with Crippen molar-refractivity contribution in [2.45, 2.75) is 18.9 Å². The number of hydrogen-bond acceptors (Lipinski definition) is 4. The smallest absolute Gasteiger partial charge is 0.306 e. The van der Waals surface area contributed by atoms with Crippen LogP contribution in [0.5, 0.6) is 0 Å². The molecule has 1 atom stereocenters. The summed E-state index contributed by atoms with van der Waals surface area (Å²) >= 11 is 0. The molecule has 3 rings (SSSR count). The van der Waals surface area contributed by atoms with E-state index in [4.69, 9.17) is 9.84 Å². The Bertz CT molecular complexity index is 726. The number of carbonyl (C=O) groups is 2. The van der Waals surface area contributed by atoms with Crippen LogP contribution in [0, 0.1) is 0 Å². The molecule has 6 nitrogen and oxygen atoms in total. The van der Waals surface area contributed by atoms with Crippen molar-refractivity contribution in [3.63, 3.8) is 0 Å². The maximum Gasteiger partial charge on any atom is 0.306 e. The fourth-order valence-corrected chi connectivity index (χ4v) is 2.85. The average molecular weight is 314 g/mol. The van der Waals surface area contributed by atoms with Gasteiger partial charge in [0, 0.05) is 24.7 Å². The molecular weight excluding hydrogens is 296 g/mol. The lowest BCUT2D eigenvalue weighted by Crippen LogP contribution is -2.46. The molecule has 0 aliphatic carbocycles. The van der Waals surface area contributed by atoms with E-state index in [0.29, 0.717) is 19.7 Å². The molecule has 23 heavy (non-hydrogen) atoms. The summed E-state index contributed by atoms with van der Waals surface area (Å²) in [4.78, 5) is 29.4. The van der Waals surface area contributed by atoms with Gasteiger partial charge in [0.15, 0.2) is 0 Å². The summed E-state index contributed by atoms with van der Waals surface area (Å²) in [6, 6.07) is 9.62. The van der Waals surface area contributed by atoms with E-state index in [0.717, 1.165) is 16.5 Å². The second-order valence-electron chi connectivity index (χ2n) is 5.60. The number of aliphatic carboxylic acids is 1. The minimum absolute atomic E-state index is 0.0261. The average Bonchev–Trinajstić information content (AvgIpc) is 2.55. The van der Waals surface area contributed by atoms with Gasteiger partial charge < -0.3 is 14.7 Å². The van der Waals surface area contributed by atoms with Gasteiger partial charge in [-0.25, -0.2) is 0 Å². The molecule has 1 amide bonds. The lowest BCUT2D eigenvalue weighted by Gasteiger charge is -2.32. The molecule has 2 aromatic rings. The van der Waals surface area contributed by atoms with Crippen LogP contribution in [0.25, 0.3) is 10.9 Å². The Balaban J connectivity index is 1.72. The summed E-state index contributed by atoms with van der Waals surface area (Å²) in [6.07, 6.45) is 1.46. The highest BCUT2D eigenvalue weighted by molar-refractivity contribution is 5.87. The van der Waals surface area contributed by atoms with Crippen LogP contribution in [0.1, 0.15) is 12.0 Å². The summed E-state index contributed by atoms with van der Waals surface area (Å²) < 4.78 is 5.40. The van der Waals surface area contributed by atoms with E-state index in [1.165, 1.54) is 0 Å². The van der Waals surface area contributed by atoms with Crippen LogP contribution in [0.3, 0.4) is 0 Å². The van der Waals surface area contributed by atoms with Gasteiger partial charge in [0.05, 0.1) is 31.1 Å². The molecule has 1 N–H and O–H groups in total. The van der Waals surface area contributed by atoms with E-state index in [-0.39, 0.29) is 18.7 Å². The second-order valence-corrected chi connectivity index (χ2v) is 5.60. The molecule has 1 unspecified atom stereocenters. The summed E-state index contributed by atoms with van der Waals surface area (Å²) in [5, 5.41) is 9.86. The minimum atomic E-state index is -0.914. The topological polar surface area (TPSA) is 79.7 Å². The van der Waals surface area contributed by atoms with Gasteiger partial charge in [-0.05, 0) is 11.6 Å². The zero-order valence-corrected chi connectivity index (χ0v) is 12.6. The number of pyridine rings is 1. The number of aromatic nitrogens is 1. The molecule has 6 heteroatoms. The van der Waals surface area contributed by atoms with E-state index in [9.17, 15) is 9.59 Å². The molecule has 1 aromatic heterocycles. The van der Waals surface area contributed by atoms with Crippen LogP contribution >= 0.6 is 0 Å². The van der Waals surface area contributed by atoms with Crippen molar-refractivity contribution in [3.8, 4) is 0 Å². The maximum absolute atomic E-state index is 12.5. The first-order valence-corrected chi connectivity index (χ1v) is 7.57. The number of fused-ring (bicyclic) bond motifs is 1. The van der Waals surface area contributed by atoms with Crippen LogP contribution in [-0.4, -0.2) is 52.7 Å². The lowest BCUT2D eigenvalue weighted by atomic mass is 10.1. The highest BCUT2D eigenvalue weighted by atomic mass is 16.5. The first kappa shape index (κ1) is 15.4. The summed E-state index contributed by atoms with van der Waals surface area (Å²) in [6.45, 7) is 1.19. The zero-order chi connectivity index (χ0) is 16.2. The van der Waals surface area contributed by atoms with Crippen molar-refractivity contribution in [3.05, 3.63) is 42.1 Å². The van der Waals surface area contributed by atoms with Crippen molar-refractivity contribution < 1.29 is 19.4 Å². The SMILES string of the molecule is O=C(O)CC1CN(C(=O)Cc2cccc3cccnc23)CCO1. The molecule has 1 saturated heterocycles. The van der Waals surface area contributed by atoms with E-state index >= 15 is 0 Å². The maximum atomic E-state index is 12.5. The third kappa shape index (κ3) is 3.65. The van der Waals surface area contributed by atoms with E-state index in [1.54, 1.807) is 11.1 Å². The Kier molecular flexibility index (Phi) is 4.52. The molecule has 1 fully saturated rings. The van der Waals surface area contributed by atoms with Gasteiger partial charge in [-0.3, -0.25) is 14.6 Å². The number of hydrogen-bond donors (Lipinski definition) is 1. The number of amides is 1. The molecule has 1 aliphatic heterocycles. The largest absolute Gasteiger partial charge is 0.481 e. The summed E-state index contributed by atoms with van der Waals surface area (Å²) in [5.41, 5.74) is 1.72. The van der Waals surface area contributed by atoms with Gasteiger partial charge in [0.2, 0.25) is 5.91 Å². The highest BCUT2D eigenvalue weighted by Crippen LogP contribution is 2.18. The second kappa shape index (κ2) is 6.75. The molecule has 1 aliphatic rings. The molecular formula is C17H18N2O4. The first-order chi connectivity index (χ1) is 11.1. The quantitative estimate of drug-likeness (QED) is 0.924. The number of benzene rings is 1. The minimum Gasteiger partial charge on any atom is -0.481 e. The van der Waals surface area contributed by atoms with Crippen molar-refractivity contribution in [1.29, 1.82) is 0 Å². The number of nitrogens with zero attached hydrogens (tertiary/aromatic N) is 2. The molecule has 120 valence electrons. The fraction of sp³-hybridized carbons (Fsp3) is 0.353. The number of carboxylic acids is 1. The van der Waals surface area contributed by atoms with Crippen LogP contribution in [0.15, 0.2) is 36.5 Å². The monoisotopic (exact) mass is 314 g/mol. The number of ether oxygens (including phenoxy) is 1. The fourth-order valence-electron chi connectivity index (χ4n) is 2.85. The summed E-state index contributed by atoms with van der Waals surface area (Å²) in [5.74, 6) is -0.940. The Hall–Kier alpha value is -2.47.